The van der Waals surface area contributed by atoms with Crippen molar-refractivity contribution in [1.29, 1.82) is 0 Å². The quantitative estimate of drug-likeness (QED) is 0.848. The molecular weight excluding hydrogens is 348 g/mol. The summed E-state index contributed by atoms with van der Waals surface area (Å²) in [5.74, 6) is -0.0102. The fourth-order valence-electron chi connectivity index (χ4n) is 3.14. The number of nitrogens with one attached hydrogen (secondary N) is 1. The van der Waals surface area contributed by atoms with Gasteiger partial charge in [-0.25, -0.2) is 8.42 Å². The van der Waals surface area contributed by atoms with Gasteiger partial charge in [0.2, 0.25) is 10.0 Å². The largest absolute Gasteiger partial charge is 0.350 e. The molecule has 5 nitrogen and oxygen atoms in total. The summed E-state index contributed by atoms with van der Waals surface area (Å²) in [6, 6.07) is 17.0. The Hall–Kier alpha value is -2.34. The van der Waals surface area contributed by atoms with E-state index in [1.54, 1.807) is 24.3 Å². The van der Waals surface area contributed by atoms with Gasteiger partial charge in [-0.1, -0.05) is 36.4 Å². The van der Waals surface area contributed by atoms with Crippen molar-refractivity contribution in [2.24, 2.45) is 0 Å². The minimum absolute atomic E-state index is 0.0295. The van der Waals surface area contributed by atoms with Crippen LogP contribution in [0.2, 0.25) is 0 Å². The number of rotatable bonds is 6. The SMILES string of the molecule is C[C@@H](CCc1ccccc1)NC(=O)c1cccc(N2CCCS2(=O)=O)c1. The fourth-order valence-corrected chi connectivity index (χ4v) is 4.70. The number of carbonyl (C=O) groups is 1. The van der Waals surface area contributed by atoms with Gasteiger partial charge in [0, 0.05) is 18.2 Å². The first kappa shape index (κ1) is 18.5. The molecule has 0 bridgehead atoms. The molecule has 3 rings (SSSR count). The van der Waals surface area contributed by atoms with Crippen LogP contribution >= 0.6 is 0 Å². The average Bonchev–Trinajstić information content (AvgIpc) is 3.00. The Morgan fingerprint density at radius 3 is 2.62 bits per heavy atom. The van der Waals surface area contributed by atoms with Crippen LogP contribution in [0, 0.1) is 0 Å². The highest BCUT2D eigenvalue weighted by Crippen LogP contribution is 2.24. The van der Waals surface area contributed by atoms with Crippen molar-refractivity contribution < 1.29 is 13.2 Å². The van der Waals surface area contributed by atoms with Gasteiger partial charge in [0.1, 0.15) is 0 Å². The van der Waals surface area contributed by atoms with Gasteiger partial charge < -0.3 is 5.32 Å². The molecule has 1 heterocycles. The van der Waals surface area contributed by atoms with Gasteiger partial charge in [0.05, 0.1) is 11.4 Å². The van der Waals surface area contributed by atoms with Crippen molar-refractivity contribution in [1.82, 2.24) is 5.32 Å². The summed E-state index contributed by atoms with van der Waals surface area (Å²) in [4.78, 5) is 12.5. The first-order valence-corrected chi connectivity index (χ1v) is 10.5. The molecule has 1 aliphatic rings. The number of anilines is 1. The number of hydrogen-bond acceptors (Lipinski definition) is 3. The highest BCUT2D eigenvalue weighted by atomic mass is 32.2. The Labute approximate surface area is 155 Å². The van der Waals surface area contributed by atoms with Gasteiger partial charge in [0.25, 0.3) is 5.91 Å². The third-order valence-electron chi connectivity index (χ3n) is 4.58. The van der Waals surface area contributed by atoms with Crippen molar-refractivity contribution in [3.8, 4) is 0 Å². The van der Waals surface area contributed by atoms with Gasteiger partial charge in [-0.2, -0.15) is 0 Å². The van der Waals surface area contributed by atoms with Crippen molar-refractivity contribution in [2.75, 3.05) is 16.6 Å². The lowest BCUT2D eigenvalue weighted by molar-refractivity contribution is 0.0938. The molecule has 1 saturated heterocycles. The summed E-state index contributed by atoms with van der Waals surface area (Å²) in [7, 11) is -3.24. The van der Waals surface area contributed by atoms with Crippen molar-refractivity contribution >= 4 is 21.6 Å². The van der Waals surface area contributed by atoms with E-state index in [1.165, 1.54) is 9.87 Å². The van der Waals surface area contributed by atoms with Crippen molar-refractivity contribution in [3.05, 3.63) is 65.7 Å². The molecule has 2 aromatic rings. The van der Waals surface area contributed by atoms with Crippen LogP contribution in [-0.4, -0.2) is 32.7 Å². The Morgan fingerprint density at radius 1 is 1.15 bits per heavy atom. The predicted molar refractivity (Wildman–Crippen MR) is 104 cm³/mol. The molecular formula is C20H24N2O3S. The highest BCUT2D eigenvalue weighted by Gasteiger charge is 2.28. The summed E-state index contributed by atoms with van der Waals surface area (Å²) in [5.41, 5.74) is 2.29. The third kappa shape index (κ3) is 4.43. The minimum Gasteiger partial charge on any atom is -0.350 e. The van der Waals surface area contributed by atoms with Crippen LogP contribution in [0.1, 0.15) is 35.7 Å². The second-order valence-corrected chi connectivity index (χ2v) is 8.70. The molecule has 0 radical (unpaired) electrons. The van der Waals surface area contributed by atoms with E-state index in [2.05, 4.69) is 17.4 Å². The third-order valence-corrected chi connectivity index (χ3v) is 6.45. The van der Waals surface area contributed by atoms with E-state index in [1.807, 2.05) is 25.1 Å². The van der Waals surface area contributed by atoms with Crippen LogP contribution in [0.25, 0.3) is 0 Å². The maximum atomic E-state index is 12.5. The summed E-state index contributed by atoms with van der Waals surface area (Å²) >= 11 is 0. The summed E-state index contributed by atoms with van der Waals surface area (Å²) in [5, 5.41) is 3.00. The summed E-state index contributed by atoms with van der Waals surface area (Å²) < 4.78 is 25.5. The van der Waals surface area contributed by atoms with Crippen LogP contribution in [0.4, 0.5) is 5.69 Å². The lowest BCUT2D eigenvalue weighted by Crippen LogP contribution is -2.33. The second-order valence-electron chi connectivity index (χ2n) is 6.69. The standard InChI is InChI=1S/C20H24N2O3S/c1-16(11-12-17-7-3-2-4-8-17)21-20(23)18-9-5-10-19(15-18)22-13-6-14-26(22,24)25/h2-5,7-10,15-16H,6,11-14H2,1H3,(H,21,23)/t16-/m0/s1. The normalized spacial score (nSPS) is 17.0. The van der Waals surface area contributed by atoms with E-state index in [0.29, 0.717) is 24.2 Å². The van der Waals surface area contributed by atoms with Gasteiger partial charge in [-0.05, 0) is 49.9 Å². The molecule has 1 amide bonds. The summed E-state index contributed by atoms with van der Waals surface area (Å²) in [6.45, 7) is 2.45. The Kier molecular flexibility index (Phi) is 5.61. The van der Waals surface area contributed by atoms with E-state index in [9.17, 15) is 13.2 Å². The molecule has 1 aliphatic heterocycles. The number of hydrogen-bond donors (Lipinski definition) is 1. The van der Waals surface area contributed by atoms with Gasteiger partial charge in [-0.3, -0.25) is 9.10 Å². The number of aryl methyl sites for hydroxylation is 1. The average molecular weight is 372 g/mol. The monoisotopic (exact) mass is 372 g/mol. The molecule has 0 saturated carbocycles. The van der Waals surface area contributed by atoms with Crippen LogP contribution < -0.4 is 9.62 Å². The van der Waals surface area contributed by atoms with Gasteiger partial charge in [-0.15, -0.1) is 0 Å². The second kappa shape index (κ2) is 7.91. The van der Waals surface area contributed by atoms with Crippen LogP contribution in [0.5, 0.6) is 0 Å². The Morgan fingerprint density at radius 2 is 1.92 bits per heavy atom. The lowest BCUT2D eigenvalue weighted by Gasteiger charge is -2.18. The molecule has 1 N–H and O–H groups in total. The van der Waals surface area contributed by atoms with Crippen molar-refractivity contribution in [2.45, 2.75) is 32.2 Å². The molecule has 2 aromatic carbocycles. The number of nitrogens with zero attached hydrogens (tertiary/aromatic N) is 1. The maximum Gasteiger partial charge on any atom is 0.251 e. The predicted octanol–water partition coefficient (Wildman–Crippen LogP) is 2.98. The van der Waals surface area contributed by atoms with E-state index in [-0.39, 0.29) is 17.7 Å². The molecule has 0 unspecified atom stereocenters. The van der Waals surface area contributed by atoms with Crippen LogP contribution in [-0.2, 0) is 16.4 Å². The van der Waals surface area contributed by atoms with Crippen LogP contribution in [0.15, 0.2) is 54.6 Å². The lowest BCUT2D eigenvalue weighted by atomic mass is 10.1. The zero-order chi connectivity index (χ0) is 18.6. The van der Waals surface area contributed by atoms with Gasteiger partial charge in [0.15, 0.2) is 0 Å². The number of carbonyl (C=O) groups excluding carboxylic acids is 1. The first-order chi connectivity index (χ1) is 12.5. The molecule has 0 aromatic heterocycles. The Balaban J connectivity index is 1.62. The first-order valence-electron chi connectivity index (χ1n) is 8.91. The maximum absolute atomic E-state index is 12.5. The fraction of sp³-hybridized carbons (Fsp3) is 0.350. The van der Waals surface area contributed by atoms with E-state index in [4.69, 9.17) is 0 Å². The van der Waals surface area contributed by atoms with E-state index >= 15 is 0 Å². The topological polar surface area (TPSA) is 66.5 Å². The highest BCUT2D eigenvalue weighted by molar-refractivity contribution is 7.93. The summed E-state index contributed by atoms with van der Waals surface area (Å²) in [6.07, 6.45) is 2.36. The van der Waals surface area contributed by atoms with Crippen LogP contribution in [0.3, 0.4) is 0 Å². The minimum atomic E-state index is -3.24. The Bertz CT molecular complexity index is 866. The van der Waals surface area contributed by atoms with E-state index < -0.39 is 10.0 Å². The molecule has 6 heteroatoms. The molecule has 26 heavy (non-hydrogen) atoms. The molecule has 0 aliphatic carbocycles. The molecule has 1 fully saturated rings. The number of amides is 1. The van der Waals surface area contributed by atoms with Gasteiger partial charge >= 0.3 is 0 Å². The van der Waals surface area contributed by atoms with E-state index in [0.717, 1.165) is 12.8 Å². The zero-order valence-corrected chi connectivity index (χ0v) is 15.7. The smallest absolute Gasteiger partial charge is 0.251 e. The number of sulfonamides is 1. The zero-order valence-electron chi connectivity index (χ0n) is 14.9. The molecule has 1 atom stereocenters. The van der Waals surface area contributed by atoms with Crippen molar-refractivity contribution in [3.63, 3.8) is 0 Å². The number of benzene rings is 2. The molecule has 0 spiro atoms. The molecule has 138 valence electrons.